The molecule has 190 valence electrons. The van der Waals surface area contributed by atoms with Gasteiger partial charge in [-0.3, -0.25) is 4.57 Å². The monoisotopic (exact) mass is 514 g/mol. The normalized spacial score (nSPS) is 12.8. The number of hydrogen-bond acceptors (Lipinski definition) is 2. The Balaban J connectivity index is 1.54. The highest BCUT2D eigenvalue weighted by molar-refractivity contribution is 6.22. The van der Waals surface area contributed by atoms with Crippen LogP contribution in [0, 0.1) is 0 Å². The molecule has 0 unspecified atom stereocenters. The van der Waals surface area contributed by atoms with E-state index in [2.05, 4.69) is 106 Å². The van der Waals surface area contributed by atoms with Crippen molar-refractivity contribution in [1.82, 2.24) is 14.0 Å². The maximum Gasteiger partial charge on any atom is 0.138 e. The molecule has 4 heterocycles. The molecule has 4 heteroatoms. The summed E-state index contributed by atoms with van der Waals surface area (Å²) in [6.07, 6.45) is 5.79. The predicted octanol–water partition coefficient (Wildman–Crippen LogP) is 8.77. The number of nitrogens with zero attached hydrogens (tertiary/aromatic N) is 3. The van der Waals surface area contributed by atoms with Crippen LogP contribution < -0.4 is 5.73 Å². The number of pyridine rings is 2. The maximum absolute atomic E-state index is 6.39. The number of allylic oxidation sites excluding steroid dienone is 3. The molecule has 0 aliphatic heterocycles. The van der Waals surface area contributed by atoms with Crippen molar-refractivity contribution in [2.45, 2.75) is 6.92 Å². The summed E-state index contributed by atoms with van der Waals surface area (Å²) >= 11 is 0. The third kappa shape index (κ3) is 3.17. The molecule has 0 radical (unpaired) electrons. The number of fused-ring (bicyclic) bond motifs is 11. The Labute approximate surface area is 230 Å². The Bertz CT molecular complexity index is 2350. The summed E-state index contributed by atoms with van der Waals surface area (Å²) in [5.74, 6) is 0.845. The van der Waals surface area contributed by atoms with Crippen molar-refractivity contribution in [3.05, 3.63) is 133 Å². The summed E-state index contributed by atoms with van der Waals surface area (Å²) in [4.78, 5) is 5.03. The van der Waals surface area contributed by atoms with Crippen LogP contribution in [0.4, 0.5) is 0 Å². The Morgan fingerprint density at radius 2 is 1.32 bits per heavy atom. The molecule has 8 rings (SSSR count). The van der Waals surface area contributed by atoms with Crippen LogP contribution >= 0.6 is 0 Å². The molecule has 0 spiro atoms. The Morgan fingerprint density at radius 3 is 2.15 bits per heavy atom. The molecule has 40 heavy (non-hydrogen) atoms. The lowest BCUT2D eigenvalue weighted by atomic mass is 10.0. The minimum absolute atomic E-state index is 0.638. The summed E-state index contributed by atoms with van der Waals surface area (Å²) in [7, 11) is 0. The van der Waals surface area contributed by atoms with Crippen LogP contribution in [0.1, 0.15) is 12.6 Å². The van der Waals surface area contributed by atoms with E-state index in [1.54, 1.807) is 0 Å². The van der Waals surface area contributed by atoms with Crippen LogP contribution in [-0.4, -0.2) is 14.0 Å². The van der Waals surface area contributed by atoms with Gasteiger partial charge in [-0.05, 0) is 66.9 Å². The first-order valence-corrected chi connectivity index (χ1v) is 13.6. The van der Waals surface area contributed by atoms with Crippen molar-refractivity contribution in [1.29, 1.82) is 0 Å². The van der Waals surface area contributed by atoms with Gasteiger partial charge in [-0.1, -0.05) is 72.8 Å². The van der Waals surface area contributed by atoms with E-state index >= 15 is 0 Å². The average molecular weight is 515 g/mol. The van der Waals surface area contributed by atoms with Crippen LogP contribution in [0.15, 0.2) is 127 Å². The maximum atomic E-state index is 6.39. The number of aromatic nitrogens is 3. The lowest BCUT2D eigenvalue weighted by Gasteiger charge is -2.12. The Kier molecular flexibility index (Phi) is 4.85. The summed E-state index contributed by atoms with van der Waals surface area (Å²) in [5, 5.41) is 7.36. The molecule has 0 fully saturated rings. The first-order valence-electron chi connectivity index (χ1n) is 13.6. The second-order valence-electron chi connectivity index (χ2n) is 10.2. The van der Waals surface area contributed by atoms with Gasteiger partial charge < -0.3 is 10.1 Å². The van der Waals surface area contributed by atoms with Crippen molar-refractivity contribution in [2.24, 2.45) is 5.73 Å². The molecule has 8 aromatic rings. The molecule has 4 aromatic carbocycles. The number of hydrogen-bond donors (Lipinski definition) is 1. The van der Waals surface area contributed by atoms with Crippen molar-refractivity contribution >= 4 is 65.6 Å². The van der Waals surface area contributed by atoms with Gasteiger partial charge in [0.1, 0.15) is 5.82 Å². The number of rotatable bonds is 3. The van der Waals surface area contributed by atoms with Gasteiger partial charge in [-0.15, -0.1) is 0 Å². The quantitative estimate of drug-likeness (QED) is 0.189. The van der Waals surface area contributed by atoms with Crippen molar-refractivity contribution in [2.75, 3.05) is 0 Å². The van der Waals surface area contributed by atoms with E-state index in [-0.39, 0.29) is 0 Å². The predicted molar refractivity (Wildman–Crippen MR) is 169 cm³/mol. The van der Waals surface area contributed by atoms with Crippen molar-refractivity contribution < 1.29 is 0 Å². The molecular weight excluding hydrogens is 488 g/mol. The summed E-state index contributed by atoms with van der Waals surface area (Å²) in [6, 6.07) is 39.0. The lowest BCUT2D eigenvalue weighted by Crippen LogP contribution is -2.03. The van der Waals surface area contributed by atoms with Crippen LogP contribution in [0.5, 0.6) is 0 Å². The van der Waals surface area contributed by atoms with E-state index in [9.17, 15) is 0 Å². The van der Waals surface area contributed by atoms with E-state index in [4.69, 9.17) is 10.7 Å². The zero-order valence-corrected chi connectivity index (χ0v) is 22.0. The Morgan fingerprint density at radius 1 is 0.625 bits per heavy atom. The summed E-state index contributed by atoms with van der Waals surface area (Å²) in [6.45, 7) is 1.98. The standard InChI is InChI=1S/C36H26N4/c1-2-3-14-29(37)30-15-10-19-36(38-30)40-33-18-9-6-13-25(33)27-21-26-24-12-5-8-17-32(24)39-31-16-7-4-11-23(31)20-34(39)28(26)22-35(27)40/h2-22H,37H2,1H3/b3-2-,29-14-. The van der Waals surface area contributed by atoms with E-state index in [1.165, 1.54) is 48.9 Å². The molecule has 0 amide bonds. The minimum Gasteiger partial charge on any atom is -0.397 e. The van der Waals surface area contributed by atoms with E-state index in [1.807, 2.05) is 37.3 Å². The van der Waals surface area contributed by atoms with Crippen LogP contribution in [0.2, 0.25) is 0 Å². The fraction of sp³-hybridized carbons (Fsp3) is 0.0278. The Hall–Kier alpha value is -5.35. The fourth-order valence-corrected chi connectivity index (χ4v) is 6.20. The molecule has 0 saturated carbocycles. The smallest absolute Gasteiger partial charge is 0.138 e. The highest BCUT2D eigenvalue weighted by Crippen LogP contribution is 2.40. The van der Waals surface area contributed by atoms with Crippen LogP contribution in [-0.2, 0) is 0 Å². The summed E-state index contributed by atoms with van der Waals surface area (Å²) in [5.41, 5.74) is 13.7. The fourth-order valence-electron chi connectivity index (χ4n) is 6.20. The molecule has 0 atom stereocenters. The third-order valence-corrected chi connectivity index (χ3v) is 7.96. The third-order valence-electron chi connectivity index (χ3n) is 7.96. The highest BCUT2D eigenvalue weighted by atomic mass is 15.1. The highest BCUT2D eigenvalue weighted by Gasteiger charge is 2.18. The van der Waals surface area contributed by atoms with Gasteiger partial charge >= 0.3 is 0 Å². The van der Waals surface area contributed by atoms with E-state index in [0.29, 0.717) is 5.70 Å². The molecule has 0 saturated heterocycles. The second-order valence-corrected chi connectivity index (χ2v) is 10.2. The van der Waals surface area contributed by atoms with Crippen molar-refractivity contribution in [3.8, 4) is 5.82 Å². The van der Waals surface area contributed by atoms with Gasteiger partial charge in [0, 0.05) is 26.9 Å². The zero-order valence-electron chi connectivity index (χ0n) is 22.0. The largest absolute Gasteiger partial charge is 0.397 e. The second kappa shape index (κ2) is 8.58. The molecule has 4 aromatic heterocycles. The summed E-state index contributed by atoms with van der Waals surface area (Å²) < 4.78 is 4.67. The molecule has 0 bridgehead atoms. The van der Waals surface area contributed by atoms with Gasteiger partial charge in [-0.25, -0.2) is 4.98 Å². The topological polar surface area (TPSA) is 48.2 Å². The first-order chi connectivity index (χ1) is 19.7. The van der Waals surface area contributed by atoms with Crippen molar-refractivity contribution in [3.63, 3.8) is 0 Å². The lowest BCUT2D eigenvalue weighted by molar-refractivity contribution is 1.07. The van der Waals surface area contributed by atoms with E-state index in [0.717, 1.165) is 22.5 Å². The number of para-hydroxylation sites is 3. The number of benzene rings is 4. The molecular formula is C36H26N4. The molecule has 2 N–H and O–H groups in total. The van der Waals surface area contributed by atoms with Gasteiger partial charge in [0.05, 0.1) is 39.0 Å². The minimum atomic E-state index is 0.638. The first kappa shape index (κ1) is 22.6. The van der Waals surface area contributed by atoms with Gasteiger partial charge in [-0.2, -0.15) is 0 Å². The molecule has 0 aliphatic rings. The molecule has 0 aliphatic carbocycles. The SMILES string of the molecule is C/C=C\C=C(/N)c1cccc(-n2c3ccccc3c3cc4c5ccccc5n5c6ccccc6cc5c4cc32)n1. The van der Waals surface area contributed by atoms with Gasteiger partial charge in [0.25, 0.3) is 0 Å². The number of nitrogens with two attached hydrogens (primary N) is 1. The zero-order chi connectivity index (χ0) is 26.8. The van der Waals surface area contributed by atoms with E-state index < -0.39 is 0 Å². The molecule has 4 nitrogen and oxygen atoms in total. The van der Waals surface area contributed by atoms with Gasteiger partial charge in [0.2, 0.25) is 0 Å². The average Bonchev–Trinajstić information content (AvgIpc) is 3.55. The van der Waals surface area contributed by atoms with Gasteiger partial charge in [0.15, 0.2) is 0 Å². The van der Waals surface area contributed by atoms with Crippen LogP contribution in [0.3, 0.4) is 0 Å². The van der Waals surface area contributed by atoms with Crippen LogP contribution in [0.25, 0.3) is 71.4 Å².